The molecule has 2 heterocycles. The summed E-state index contributed by atoms with van der Waals surface area (Å²) in [7, 11) is 2.93. The van der Waals surface area contributed by atoms with Crippen LogP contribution in [0.5, 0.6) is 11.5 Å². The maximum atomic E-state index is 12.4. The van der Waals surface area contributed by atoms with Crippen LogP contribution in [0, 0.1) is 6.92 Å². The van der Waals surface area contributed by atoms with Gasteiger partial charge < -0.3 is 18.3 Å². The second kappa shape index (κ2) is 4.05. The van der Waals surface area contributed by atoms with Crippen LogP contribution in [0.2, 0.25) is 0 Å². The predicted octanol–water partition coefficient (Wildman–Crippen LogP) is 2.86. The highest BCUT2D eigenvalue weighted by Gasteiger charge is 2.20. The summed E-state index contributed by atoms with van der Waals surface area (Å²) in [4.78, 5) is 12.4. The number of aryl methyl sites for hydroxylation is 1. The average molecular weight is 260 g/mol. The van der Waals surface area contributed by atoms with E-state index in [1.165, 1.54) is 20.5 Å². The van der Waals surface area contributed by atoms with Crippen molar-refractivity contribution in [1.29, 1.82) is 0 Å². The number of hydrogen-bond donors (Lipinski definition) is 0. The van der Waals surface area contributed by atoms with Gasteiger partial charge in [-0.05, 0) is 13.0 Å². The molecule has 19 heavy (non-hydrogen) atoms. The molecular formula is C14H12O5. The van der Waals surface area contributed by atoms with E-state index in [2.05, 4.69) is 0 Å². The van der Waals surface area contributed by atoms with E-state index in [9.17, 15) is 4.79 Å². The molecule has 0 unspecified atom stereocenters. The predicted molar refractivity (Wildman–Crippen MR) is 70.1 cm³/mol. The third-order valence-corrected chi connectivity index (χ3v) is 3.20. The lowest BCUT2D eigenvalue weighted by Gasteiger charge is -2.09. The van der Waals surface area contributed by atoms with E-state index in [1.54, 1.807) is 12.3 Å². The number of furan rings is 1. The Morgan fingerprint density at radius 3 is 2.58 bits per heavy atom. The zero-order valence-corrected chi connectivity index (χ0v) is 10.8. The van der Waals surface area contributed by atoms with Gasteiger partial charge >= 0.3 is 0 Å². The van der Waals surface area contributed by atoms with Crippen molar-refractivity contribution >= 4 is 21.9 Å². The van der Waals surface area contributed by atoms with Crippen LogP contribution in [0.15, 0.2) is 32.2 Å². The Balaban J connectivity index is 2.64. The average Bonchev–Trinajstić information content (AvgIpc) is 2.90. The van der Waals surface area contributed by atoms with Gasteiger partial charge in [0.25, 0.3) is 0 Å². The minimum atomic E-state index is -0.258. The minimum Gasteiger partial charge on any atom is -0.495 e. The molecule has 0 radical (unpaired) electrons. The highest BCUT2D eigenvalue weighted by molar-refractivity contribution is 6.04. The van der Waals surface area contributed by atoms with Gasteiger partial charge in [-0.25, -0.2) is 0 Å². The van der Waals surface area contributed by atoms with Crippen LogP contribution in [-0.4, -0.2) is 14.2 Å². The summed E-state index contributed by atoms with van der Waals surface area (Å²) in [6.45, 7) is 1.84. The second-order valence-electron chi connectivity index (χ2n) is 4.16. The zero-order valence-electron chi connectivity index (χ0n) is 10.8. The SMILES string of the molecule is COc1coc2c(C)c3occc3c(OC)c2c1=O. The Morgan fingerprint density at radius 2 is 1.89 bits per heavy atom. The molecule has 5 heteroatoms. The van der Waals surface area contributed by atoms with Gasteiger partial charge in [-0.1, -0.05) is 0 Å². The monoisotopic (exact) mass is 260 g/mol. The topological polar surface area (TPSA) is 61.8 Å². The van der Waals surface area contributed by atoms with E-state index in [4.69, 9.17) is 18.3 Å². The molecule has 2 aromatic heterocycles. The third kappa shape index (κ3) is 1.44. The minimum absolute atomic E-state index is 0.146. The second-order valence-corrected chi connectivity index (χ2v) is 4.16. The summed E-state index contributed by atoms with van der Waals surface area (Å²) >= 11 is 0. The molecule has 0 saturated carbocycles. The Morgan fingerprint density at radius 1 is 1.11 bits per heavy atom. The summed E-state index contributed by atoms with van der Waals surface area (Å²) in [6, 6.07) is 1.76. The fourth-order valence-electron chi connectivity index (χ4n) is 2.30. The number of methoxy groups -OCH3 is 2. The Labute approximate surface area is 108 Å². The van der Waals surface area contributed by atoms with Gasteiger partial charge in [-0.3, -0.25) is 4.79 Å². The Hall–Kier alpha value is -2.43. The number of ether oxygens (including phenoxy) is 2. The molecular weight excluding hydrogens is 248 g/mol. The van der Waals surface area contributed by atoms with Crippen LogP contribution in [0.4, 0.5) is 0 Å². The zero-order chi connectivity index (χ0) is 13.6. The summed E-state index contributed by atoms with van der Waals surface area (Å²) in [6.07, 6.45) is 2.85. The largest absolute Gasteiger partial charge is 0.495 e. The molecule has 98 valence electrons. The van der Waals surface area contributed by atoms with E-state index in [0.29, 0.717) is 22.3 Å². The van der Waals surface area contributed by atoms with Crippen molar-refractivity contribution in [2.24, 2.45) is 0 Å². The Kier molecular flexibility index (Phi) is 2.48. The van der Waals surface area contributed by atoms with E-state index in [1.807, 2.05) is 6.92 Å². The lowest BCUT2D eigenvalue weighted by molar-refractivity contribution is 0.391. The van der Waals surface area contributed by atoms with Gasteiger partial charge in [0.15, 0.2) is 0 Å². The molecule has 3 rings (SSSR count). The quantitative estimate of drug-likeness (QED) is 0.709. The van der Waals surface area contributed by atoms with E-state index < -0.39 is 0 Å². The number of benzene rings is 1. The fraction of sp³-hybridized carbons (Fsp3) is 0.214. The molecule has 0 amide bonds. The molecule has 3 aromatic rings. The first-order chi connectivity index (χ1) is 9.19. The number of hydrogen-bond acceptors (Lipinski definition) is 5. The summed E-state index contributed by atoms with van der Waals surface area (Å²) in [5.74, 6) is 0.588. The smallest absolute Gasteiger partial charge is 0.238 e. The van der Waals surface area contributed by atoms with Crippen LogP contribution >= 0.6 is 0 Å². The molecule has 0 N–H and O–H groups in total. The van der Waals surface area contributed by atoms with Crippen LogP contribution < -0.4 is 14.9 Å². The third-order valence-electron chi connectivity index (χ3n) is 3.20. The van der Waals surface area contributed by atoms with Crippen molar-refractivity contribution in [2.75, 3.05) is 14.2 Å². The lowest BCUT2D eigenvalue weighted by atomic mass is 10.1. The molecule has 5 nitrogen and oxygen atoms in total. The van der Waals surface area contributed by atoms with E-state index >= 15 is 0 Å². The van der Waals surface area contributed by atoms with Crippen LogP contribution in [-0.2, 0) is 0 Å². The maximum Gasteiger partial charge on any atom is 0.238 e. The molecule has 0 aliphatic carbocycles. The van der Waals surface area contributed by atoms with Gasteiger partial charge in [0.2, 0.25) is 11.2 Å². The van der Waals surface area contributed by atoms with E-state index in [0.717, 1.165) is 10.9 Å². The Bertz CT molecular complexity index is 825. The molecule has 0 aliphatic heterocycles. The molecule has 0 aliphatic rings. The van der Waals surface area contributed by atoms with Gasteiger partial charge in [0, 0.05) is 5.56 Å². The van der Waals surface area contributed by atoms with Crippen molar-refractivity contribution in [3.8, 4) is 11.5 Å². The first-order valence-corrected chi connectivity index (χ1v) is 5.72. The number of rotatable bonds is 2. The summed E-state index contributed by atoms with van der Waals surface area (Å²) < 4.78 is 21.3. The van der Waals surface area contributed by atoms with Crippen molar-refractivity contribution in [1.82, 2.24) is 0 Å². The normalized spacial score (nSPS) is 11.1. The van der Waals surface area contributed by atoms with Gasteiger partial charge in [0.1, 0.15) is 28.6 Å². The van der Waals surface area contributed by atoms with Gasteiger partial charge in [-0.15, -0.1) is 0 Å². The standard InChI is InChI=1S/C14H12O5/c1-7-12-8(4-5-18-12)14(17-3)10-11(15)9(16-2)6-19-13(7)10/h4-6H,1-3H3. The first-order valence-electron chi connectivity index (χ1n) is 5.72. The fourth-order valence-corrected chi connectivity index (χ4v) is 2.30. The highest BCUT2D eigenvalue weighted by atomic mass is 16.5. The molecule has 0 fully saturated rings. The van der Waals surface area contributed by atoms with Crippen molar-refractivity contribution in [2.45, 2.75) is 6.92 Å². The molecule has 0 spiro atoms. The molecule has 1 aromatic carbocycles. The van der Waals surface area contributed by atoms with Gasteiger partial charge in [0.05, 0.1) is 25.9 Å². The summed E-state index contributed by atoms with van der Waals surface area (Å²) in [5.41, 5.74) is 1.60. The van der Waals surface area contributed by atoms with Crippen molar-refractivity contribution in [3.05, 3.63) is 34.4 Å². The van der Waals surface area contributed by atoms with Crippen molar-refractivity contribution < 1.29 is 18.3 Å². The molecule has 0 atom stereocenters. The molecule has 0 bridgehead atoms. The van der Waals surface area contributed by atoms with Crippen LogP contribution in [0.1, 0.15) is 5.56 Å². The summed E-state index contributed by atoms with van der Waals surface area (Å²) in [5, 5.41) is 1.11. The van der Waals surface area contributed by atoms with E-state index in [-0.39, 0.29) is 11.2 Å². The van der Waals surface area contributed by atoms with Crippen LogP contribution in [0.3, 0.4) is 0 Å². The highest BCUT2D eigenvalue weighted by Crippen LogP contribution is 2.37. The first kappa shape index (κ1) is 11.6. The van der Waals surface area contributed by atoms with Crippen LogP contribution in [0.25, 0.3) is 21.9 Å². The number of fused-ring (bicyclic) bond motifs is 2. The van der Waals surface area contributed by atoms with Gasteiger partial charge in [-0.2, -0.15) is 0 Å². The van der Waals surface area contributed by atoms with Crippen molar-refractivity contribution in [3.63, 3.8) is 0 Å². The lowest BCUT2D eigenvalue weighted by Crippen LogP contribution is -2.07. The molecule has 0 saturated heterocycles. The maximum absolute atomic E-state index is 12.4.